The minimum absolute atomic E-state index is 0.00403. The van der Waals surface area contributed by atoms with Crippen LogP contribution >= 0.6 is 11.8 Å². The molecule has 2 aliphatic heterocycles. The maximum Gasteiger partial charge on any atom is 0.408 e. The first-order valence-electron chi connectivity index (χ1n) is 20.5. The molecule has 2 aliphatic carbocycles. The Balaban J connectivity index is 1.42. The number of amides is 4. The molecule has 4 amide bonds. The van der Waals surface area contributed by atoms with E-state index >= 15 is 0 Å². The average Bonchev–Trinajstić information content (AvgIpc) is 4.07. The van der Waals surface area contributed by atoms with Crippen LogP contribution in [0.5, 0.6) is 0 Å². The molecule has 3 N–H and O–H groups in total. The van der Waals surface area contributed by atoms with Crippen LogP contribution in [0.2, 0.25) is 0 Å². The van der Waals surface area contributed by atoms with E-state index in [-0.39, 0.29) is 13.0 Å². The summed E-state index contributed by atoms with van der Waals surface area (Å²) in [6.07, 6.45) is 3.89. The standard InChI is InChI=1S/C44H58F2N4O7S2/c1-40(2,3)34(47-39(54)57-41(4,5)6)37(52)50-28-43(31-20-18-30(19-21-31)29-16-12-11-13-17-29)27-33(50)36(51)48-44(26-32(44)35(45)46)38(53)49-59(55,56)42(23-24-42)22-14-9-7-8-10-15-25-58-43/h10-13,15-21,32-35H,7-9,14,22-28H2,1-6H3,(H,47,54)(H,48,51)(H,49,53)/b15-10+/t32-,33-,34+,43-,44+/m0/s1. The van der Waals surface area contributed by atoms with E-state index in [2.05, 4.69) is 27.5 Å². The van der Waals surface area contributed by atoms with Crippen molar-refractivity contribution in [3.05, 3.63) is 72.3 Å². The van der Waals surface area contributed by atoms with Gasteiger partial charge < -0.3 is 20.3 Å². The number of sulfonamides is 1. The first-order valence-corrected chi connectivity index (χ1v) is 23.0. The van der Waals surface area contributed by atoms with Crippen LogP contribution in [0.15, 0.2) is 66.7 Å². The molecule has 2 aromatic rings. The van der Waals surface area contributed by atoms with Crippen LogP contribution in [0.4, 0.5) is 13.6 Å². The van der Waals surface area contributed by atoms with Gasteiger partial charge in [-0.25, -0.2) is 22.0 Å². The predicted molar refractivity (Wildman–Crippen MR) is 225 cm³/mol. The molecule has 2 aromatic carbocycles. The van der Waals surface area contributed by atoms with Gasteiger partial charge in [-0.2, -0.15) is 0 Å². The Morgan fingerprint density at radius 3 is 2.15 bits per heavy atom. The van der Waals surface area contributed by atoms with Crippen LogP contribution < -0.4 is 15.4 Å². The van der Waals surface area contributed by atoms with Crippen molar-refractivity contribution in [3.63, 3.8) is 0 Å². The first-order chi connectivity index (χ1) is 27.6. The zero-order chi connectivity index (χ0) is 43.0. The van der Waals surface area contributed by atoms with Crippen LogP contribution in [-0.4, -0.2) is 83.8 Å². The second kappa shape index (κ2) is 16.8. The monoisotopic (exact) mass is 856 g/mol. The highest BCUT2D eigenvalue weighted by molar-refractivity contribution is 8.00. The number of hydrogen-bond acceptors (Lipinski definition) is 8. The van der Waals surface area contributed by atoms with Gasteiger partial charge in [0.15, 0.2) is 0 Å². The summed E-state index contributed by atoms with van der Waals surface area (Å²) in [5, 5.41) is 5.32. The first kappa shape index (κ1) is 44.6. The number of benzene rings is 2. The molecular weight excluding hydrogens is 799 g/mol. The van der Waals surface area contributed by atoms with E-state index in [9.17, 15) is 36.4 Å². The van der Waals surface area contributed by atoms with Gasteiger partial charge in [0.25, 0.3) is 5.91 Å². The SMILES string of the molecule is CC(C)(C)OC(=O)N[C@H](C(=O)N1C[C@]2(c3ccc(-c4ccccc4)cc3)C[C@H]1C(=O)N[C@@]1(C[C@H]1C(F)F)C(=O)NS(=O)(=O)C1(CCCCC/C=C/CS2)CC1)C(C)(C)C. The molecule has 11 nitrogen and oxygen atoms in total. The molecule has 322 valence electrons. The molecule has 59 heavy (non-hydrogen) atoms. The number of alkyl halides is 2. The van der Waals surface area contributed by atoms with Crippen molar-refractivity contribution >= 4 is 45.6 Å². The number of carbonyl (C=O) groups excluding carboxylic acids is 4. The number of rotatable bonds is 5. The van der Waals surface area contributed by atoms with E-state index in [1.54, 1.807) is 53.3 Å². The number of carbonyl (C=O) groups is 4. The second-order valence-electron chi connectivity index (χ2n) is 18.7. The van der Waals surface area contributed by atoms with E-state index in [4.69, 9.17) is 4.74 Å². The summed E-state index contributed by atoms with van der Waals surface area (Å²) in [4.78, 5) is 58.3. The lowest BCUT2D eigenvalue weighted by Gasteiger charge is -2.36. The highest BCUT2D eigenvalue weighted by Crippen LogP contribution is 2.52. The largest absolute Gasteiger partial charge is 0.444 e. The van der Waals surface area contributed by atoms with Gasteiger partial charge in [0.2, 0.25) is 28.3 Å². The lowest BCUT2D eigenvalue weighted by Crippen LogP contribution is -2.60. The Hall–Kier alpha value is -3.98. The molecule has 2 spiro atoms. The third-order valence-electron chi connectivity index (χ3n) is 12.0. The van der Waals surface area contributed by atoms with Crippen molar-refractivity contribution < 1.29 is 41.1 Å². The van der Waals surface area contributed by atoms with Gasteiger partial charge in [-0.1, -0.05) is 100 Å². The average molecular weight is 857 g/mol. The number of nitrogens with one attached hydrogen (secondary N) is 3. The molecule has 0 aromatic heterocycles. The third-order valence-corrected chi connectivity index (χ3v) is 15.7. The fraction of sp³-hybridized carbons (Fsp3) is 0.591. The number of fused-ring (bicyclic) bond motifs is 2. The van der Waals surface area contributed by atoms with Gasteiger partial charge >= 0.3 is 6.09 Å². The molecular formula is C44H58F2N4O7S2. The number of nitrogens with zero attached hydrogens (tertiary/aromatic N) is 1. The minimum Gasteiger partial charge on any atom is -0.444 e. The third kappa shape index (κ3) is 9.82. The summed E-state index contributed by atoms with van der Waals surface area (Å²) >= 11 is 1.55. The van der Waals surface area contributed by atoms with Gasteiger partial charge in [0, 0.05) is 12.3 Å². The van der Waals surface area contributed by atoms with E-state index in [0.29, 0.717) is 31.4 Å². The number of halogens is 2. The zero-order valence-electron chi connectivity index (χ0n) is 34.8. The van der Waals surface area contributed by atoms with Crippen LogP contribution in [0.1, 0.15) is 105 Å². The van der Waals surface area contributed by atoms with Crippen molar-refractivity contribution in [1.29, 1.82) is 0 Å². The van der Waals surface area contributed by atoms with Crippen LogP contribution in [0.3, 0.4) is 0 Å². The topological polar surface area (TPSA) is 151 Å². The van der Waals surface area contributed by atoms with Gasteiger partial charge in [-0.15, -0.1) is 11.8 Å². The van der Waals surface area contributed by atoms with E-state index in [1.807, 2.05) is 54.6 Å². The van der Waals surface area contributed by atoms with Gasteiger partial charge in [0.1, 0.15) is 23.2 Å². The Morgan fingerprint density at radius 2 is 1.56 bits per heavy atom. The quantitative estimate of drug-likeness (QED) is 0.263. The number of allylic oxidation sites excluding steroid dienone is 1. The van der Waals surface area contributed by atoms with Crippen molar-refractivity contribution in [3.8, 4) is 11.1 Å². The summed E-state index contributed by atoms with van der Waals surface area (Å²) in [6.45, 7) is 10.4. The lowest BCUT2D eigenvalue weighted by molar-refractivity contribution is -0.143. The number of ether oxygens (including phenoxy) is 1. The molecule has 2 saturated carbocycles. The Kier molecular flexibility index (Phi) is 12.7. The Labute approximate surface area is 351 Å². The number of likely N-dealkylation sites (tertiary alicyclic amines) is 1. The number of alkyl carbamates (subject to hydrolysis) is 1. The lowest BCUT2D eigenvalue weighted by atomic mass is 9.85. The molecule has 3 fully saturated rings. The van der Waals surface area contributed by atoms with E-state index in [1.165, 1.54) is 4.90 Å². The van der Waals surface area contributed by atoms with E-state index < -0.39 is 90.7 Å². The highest BCUT2D eigenvalue weighted by atomic mass is 32.2. The normalized spacial score (nSPS) is 28.4. The van der Waals surface area contributed by atoms with Crippen molar-refractivity contribution in [2.45, 2.75) is 138 Å². The Morgan fingerprint density at radius 1 is 0.898 bits per heavy atom. The van der Waals surface area contributed by atoms with Gasteiger partial charge in [0.05, 0.1) is 15.4 Å². The number of thioether (sulfide) groups is 1. The molecule has 15 heteroatoms. The van der Waals surface area contributed by atoms with Crippen LogP contribution in [0, 0.1) is 11.3 Å². The minimum atomic E-state index is -4.27. The summed E-state index contributed by atoms with van der Waals surface area (Å²) in [5.74, 6) is -3.77. The van der Waals surface area contributed by atoms with Crippen LogP contribution in [-0.2, 0) is 33.9 Å². The summed E-state index contributed by atoms with van der Waals surface area (Å²) in [6, 6.07) is 15.2. The van der Waals surface area contributed by atoms with Crippen molar-refractivity contribution in [2.75, 3.05) is 12.3 Å². The second-order valence-corrected chi connectivity index (χ2v) is 22.2. The molecule has 5 atom stereocenters. The molecule has 2 bridgehead atoms. The molecule has 4 aliphatic rings. The van der Waals surface area contributed by atoms with E-state index in [0.717, 1.165) is 36.0 Å². The molecule has 1 saturated heterocycles. The molecule has 6 rings (SSSR count). The van der Waals surface area contributed by atoms with Gasteiger partial charge in [-0.3, -0.25) is 19.1 Å². The number of hydrogen-bond donors (Lipinski definition) is 3. The fourth-order valence-electron chi connectivity index (χ4n) is 8.32. The highest BCUT2D eigenvalue weighted by Gasteiger charge is 2.68. The molecule has 2 heterocycles. The maximum absolute atomic E-state index is 15.0. The maximum atomic E-state index is 15.0. The smallest absolute Gasteiger partial charge is 0.408 e. The van der Waals surface area contributed by atoms with Crippen LogP contribution in [0.25, 0.3) is 11.1 Å². The predicted octanol–water partition coefficient (Wildman–Crippen LogP) is 7.46. The Bertz CT molecular complexity index is 2030. The summed E-state index contributed by atoms with van der Waals surface area (Å²) in [5.41, 5.74) is -1.17. The van der Waals surface area contributed by atoms with Crippen molar-refractivity contribution in [1.82, 2.24) is 20.3 Å². The van der Waals surface area contributed by atoms with Gasteiger partial charge in [-0.05, 0) is 87.8 Å². The fourth-order valence-corrected chi connectivity index (χ4v) is 11.4. The summed E-state index contributed by atoms with van der Waals surface area (Å²) < 4.78 is 62.0. The van der Waals surface area contributed by atoms with Crippen molar-refractivity contribution in [2.24, 2.45) is 11.3 Å². The molecule has 0 radical (unpaired) electrons. The zero-order valence-corrected chi connectivity index (χ0v) is 36.4. The molecule has 0 unspecified atom stereocenters. The summed E-state index contributed by atoms with van der Waals surface area (Å²) in [7, 11) is -4.27.